The smallest absolute Gasteiger partial charge is 0.0226 e. The van der Waals surface area contributed by atoms with Gasteiger partial charge in [-0.2, -0.15) is 0 Å². The second-order valence-electron chi connectivity index (χ2n) is 4.70. The Labute approximate surface area is 113 Å². The van der Waals surface area contributed by atoms with Crippen LogP contribution in [0.1, 0.15) is 53.4 Å². The Morgan fingerprint density at radius 3 is 2.44 bits per heavy atom. The molecule has 18 heavy (non-hydrogen) atoms. The van der Waals surface area contributed by atoms with Crippen LogP contribution in [-0.2, 0) is 0 Å². The summed E-state index contributed by atoms with van der Waals surface area (Å²) >= 11 is 0. The van der Waals surface area contributed by atoms with Gasteiger partial charge in [0.15, 0.2) is 0 Å². The Morgan fingerprint density at radius 2 is 1.89 bits per heavy atom. The molecule has 0 saturated carbocycles. The number of unbranched alkanes of at least 4 members (excludes halogenated alkanes) is 2. The molecule has 0 aliphatic rings. The maximum absolute atomic E-state index is 6.06. The van der Waals surface area contributed by atoms with Crippen LogP contribution in [0.5, 0.6) is 0 Å². The first kappa shape index (κ1) is 16.9. The molecule has 0 aromatic rings. The maximum Gasteiger partial charge on any atom is 0.0226 e. The molecular weight excluding hydrogens is 218 g/mol. The minimum atomic E-state index is 0.182. The fourth-order valence-electron chi connectivity index (χ4n) is 1.76. The monoisotopic (exact) mass is 247 g/mol. The van der Waals surface area contributed by atoms with Gasteiger partial charge in [0.25, 0.3) is 0 Å². The third-order valence-corrected chi connectivity index (χ3v) is 2.83. The summed E-state index contributed by atoms with van der Waals surface area (Å²) in [6.07, 6.45) is 17.5. The Bertz CT molecular complexity index is 319. The molecule has 1 nitrogen and oxygen atoms in total. The summed E-state index contributed by atoms with van der Waals surface area (Å²) in [5.74, 6) is 0. The van der Waals surface area contributed by atoms with Crippen LogP contribution >= 0.6 is 0 Å². The predicted octanol–water partition coefficient (Wildman–Crippen LogP) is 4.92. The molecule has 1 heteroatoms. The van der Waals surface area contributed by atoms with Crippen LogP contribution in [0.25, 0.3) is 0 Å². The molecule has 0 fully saturated rings. The van der Waals surface area contributed by atoms with Crippen molar-refractivity contribution in [3.8, 4) is 0 Å². The van der Waals surface area contributed by atoms with Gasteiger partial charge >= 0.3 is 0 Å². The fraction of sp³-hybridized carbons (Fsp3) is 0.529. The lowest BCUT2D eigenvalue weighted by molar-refractivity contribution is 0.622. The lowest BCUT2D eigenvalue weighted by Crippen LogP contribution is -2.16. The van der Waals surface area contributed by atoms with Gasteiger partial charge in [-0.15, -0.1) is 0 Å². The highest BCUT2D eigenvalue weighted by molar-refractivity contribution is 5.36. The van der Waals surface area contributed by atoms with E-state index in [4.69, 9.17) is 5.73 Å². The van der Waals surface area contributed by atoms with Crippen molar-refractivity contribution in [1.29, 1.82) is 0 Å². The normalized spacial score (nSPS) is 15.8. The molecule has 1 atom stereocenters. The molecule has 0 amide bonds. The molecule has 0 saturated heterocycles. The Balaban J connectivity index is 4.32. The van der Waals surface area contributed by atoms with Crippen molar-refractivity contribution >= 4 is 0 Å². The highest BCUT2D eigenvalue weighted by atomic mass is 14.6. The van der Waals surface area contributed by atoms with Crippen molar-refractivity contribution in [3.63, 3.8) is 0 Å². The first-order valence-electron chi connectivity index (χ1n) is 7.05. The van der Waals surface area contributed by atoms with Gasteiger partial charge in [-0.05, 0) is 32.8 Å². The third-order valence-electron chi connectivity index (χ3n) is 2.83. The Kier molecular flexibility index (Phi) is 10.4. The second kappa shape index (κ2) is 11.0. The van der Waals surface area contributed by atoms with Crippen LogP contribution in [0.3, 0.4) is 0 Å². The van der Waals surface area contributed by atoms with Gasteiger partial charge in [0.2, 0.25) is 0 Å². The fourth-order valence-corrected chi connectivity index (χ4v) is 1.76. The Morgan fingerprint density at radius 1 is 1.17 bits per heavy atom. The average molecular weight is 247 g/mol. The lowest BCUT2D eigenvalue weighted by Gasteiger charge is -2.05. The number of hydrogen-bond acceptors (Lipinski definition) is 1. The van der Waals surface area contributed by atoms with Gasteiger partial charge in [-0.25, -0.2) is 0 Å². The van der Waals surface area contributed by atoms with Crippen LogP contribution in [0.4, 0.5) is 0 Å². The van der Waals surface area contributed by atoms with E-state index >= 15 is 0 Å². The summed E-state index contributed by atoms with van der Waals surface area (Å²) in [6, 6.07) is 0.182. The van der Waals surface area contributed by atoms with E-state index in [0.29, 0.717) is 0 Å². The van der Waals surface area contributed by atoms with E-state index in [1.807, 2.05) is 6.92 Å². The second-order valence-corrected chi connectivity index (χ2v) is 4.70. The van der Waals surface area contributed by atoms with Crippen molar-refractivity contribution in [2.75, 3.05) is 0 Å². The number of hydrogen-bond donors (Lipinski definition) is 1. The molecular formula is C17H29N. The van der Waals surface area contributed by atoms with Gasteiger partial charge in [-0.1, -0.05) is 68.2 Å². The highest BCUT2D eigenvalue weighted by Crippen LogP contribution is 2.08. The summed E-state index contributed by atoms with van der Waals surface area (Å²) < 4.78 is 0. The molecule has 0 aliphatic carbocycles. The summed E-state index contributed by atoms with van der Waals surface area (Å²) in [6.45, 7) is 8.42. The zero-order valence-electron chi connectivity index (χ0n) is 12.4. The van der Waals surface area contributed by atoms with E-state index in [1.165, 1.54) is 30.4 Å². The third kappa shape index (κ3) is 9.00. The van der Waals surface area contributed by atoms with Crippen molar-refractivity contribution < 1.29 is 0 Å². The standard InChI is InChI=1S/C17H29N/c1-5-8-9-11-17(18)13-12-16(7-3)14-15(4)10-6-2/h6-7,10,12-14,17H,5,8-9,11,18H2,1-4H3/b10-6+,13-12-,15-14-,16-7-. The van der Waals surface area contributed by atoms with Crippen molar-refractivity contribution in [1.82, 2.24) is 0 Å². The molecule has 0 heterocycles. The number of nitrogens with two attached hydrogens (primary N) is 1. The summed E-state index contributed by atoms with van der Waals surface area (Å²) in [7, 11) is 0. The lowest BCUT2D eigenvalue weighted by atomic mass is 10.1. The first-order chi connectivity index (χ1) is 8.63. The van der Waals surface area contributed by atoms with E-state index in [1.54, 1.807) is 0 Å². The largest absolute Gasteiger partial charge is 0.324 e. The molecule has 0 aromatic heterocycles. The van der Waals surface area contributed by atoms with Gasteiger partial charge < -0.3 is 5.73 Å². The van der Waals surface area contributed by atoms with E-state index in [9.17, 15) is 0 Å². The summed E-state index contributed by atoms with van der Waals surface area (Å²) in [5, 5.41) is 0. The zero-order valence-corrected chi connectivity index (χ0v) is 12.4. The van der Waals surface area contributed by atoms with Gasteiger partial charge in [0.1, 0.15) is 0 Å². The predicted molar refractivity (Wildman–Crippen MR) is 83.6 cm³/mol. The summed E-state index contributed by atoms with van der Waals surface area (Å²) in [5.41, 5.74) is 8.54. The highest BCUT2D eigenvalue weighted by Gasteiger charge is 1.96. The number of rotatable bonds is 8. The topological polar surface area (TPSA) is 26.0 Å². The maximum atomic E-state index is 6.06. The minimum Gasteiger partial charge on any atom is -0.324 e. The summed E-state index contributed by atoms with van der Waals surface area (Å²) in [4.78, 5) is 0. The van der Waals surface area contributed by atoms with E-state index in [-0.39, 0.29) is 6.04 Å². The van der Waals surface area contributed by atoms with Crippen molar-refractivity contribution in [2.24, 2.45) is 5.73 Å². The quantitative estimate of drug-likeness (QED) is 0.478. The van der Waals surface area contributed by atoms with Crippen LogP contribution in [0.2, 0.25) is 0 Å². The van der Waals surface area contributed by atoms with E-state index in [2.05, 4.69) is 57.2 Å². The van der Waals surface area contributed by atoms with Crippen LogP contribution in [-0.4, -0.2) is 6.04 Å². The van der Waals surface area contributed by atoms with E-state index in [0.717, 1.165) is 6.42 Å². The van der Waals surface area contributed by atoms with Crippen LogP contribution in [0.15, 0.2) is 47.6 Å². The first-order valence-corrected chi connectivity index (χ1v) is 7.05. The van der Waals surface area contributed by atoms with Gasteiger partial charge in [-0.3, -0.25) is 0 Å². The molecule has 0 bridgehead atoms. The average Bonchev–Trinajstić information content (AvgIpc) is 2.35. The Hall–Kier alpha value is -1.08. The molecule has 0 aliphatic heterocycles. The molecule has 0 spiro atoms. The molecule has 1 unspecified atom stereocenters. The molecule has 2 N–H and O–H groups in total. The molecule has 0 rings (SSSR count). The molecule has 102 valence electrons. The zero-order chi connectivity index (χ0) is 13.8. The number of allylic oxidation sites excluding steroid dienone is 7. The van der Waals surface area contributed by atoms with Crippen LogP contribution < -0.4 is 5.73 Å². The SMILES string of the molecule is C/C=C(/C=C\C(N)CCCCC)\C=C(C)/C=C/C. The van der Waals surface area contributed by atoms with Gasteiger partial charge in [0.05, 0.1) is 0 Å². The van der Waals surface area contributed by atoms with Crippen molar-refractivity contribution in [2.45, 2.75) is 59.4 Å². The van der Waals surface area contributed by atoms with Gasteiger partial charge in [0, 0.05) is 6.04 Å². The van der Waals surface area contributed by atoms with Crippen molar-refractivity contribution in [3.05, 3.63) is 47.6 Å². The van der Waals surface area contributed by atoms with E-state index < -0.39 is 0 Å². The molecule has 0 radical (unpaired) electrons. The van der Waals surface area contributed by atoms with Crippen LogP contribution in [0, 0.1) is 0 Å². The molecule has 0 aromatic carbocycles. The minimum absolute atomic E-state index is 0.182.